The van der Waals surface area contributed by atoms with Gasteiger partial charge in [-0.2, -0.15) is 0 Å². The van der Waals surface area contributed by atoms with Crippen LogP contribution < -0.4 is 5.32 Å². The second-order valence-corrected chi connectivity index (χ2v) is 5.33. The van der Waals surface area contributed by atoms with Crippen LogP contribution >= 0.6 is 11.3 Å². The Hall–Kier alpha value is -1.94. The third-order valence-electron chi connectivity index (χ3n) is 2.76. The molecule has 0 aliphatic rings. The summed E-state index contributed by atoms with van der Waals surface area (Å²) in [6.45, 7) is 4.53. The van der Waals surface area contributed by atoms with Crippen LogP contribution in [0, 0.1) is 13.8 Å². The van der Waals surface area contributed by atoms with Gasteiger partial charge in [0.25, 0.3) is 0 Å². The maximum atomic E-state index is 11.7. The summed E-state index contributed by atoms with van der Waals surface area (Å²) in [5, 5.41) is 5.80. The van der Waals surface area contributed by atoms with Gasteiger partial charge in [-0.05, 0) is 31.1 Å². The van der Waals surface area contributed by atoms with E-state index in [1.807, 2.05) is 43.5 Å². The Morgan fingerprint density at radius 3 is 2.84 bits per heavy atom. The quantitative estimate of drug-likeness (QED) is 0.869. The fourth-order valence-electron chi connectivity index (χ4n) is 1.67. The number of aromatic nitrogens is 1. The molecule has 2 rings (SSSR count). The summed E-state index contributed by atoms with van der Waals surface area (Å²) in [5.74, 6) is -0.103. The normalized spacial score (nSPS) is 10.8. The monoisotopic (exact) mass is 272 g/mol. The Labute approximate surface area is 117 Å². The molecule has 19 heavy (non-hydrogen) atoms. The first kappa shape index (κ1) is 13.5. The summed E-state index contributed by atoms with van der Waals surface area (Å²) in [6.07, 6.45) is 3.25. The van der Waals surface area contributed by atoms with Crippen molar-refractivity contribution in [3.05, 3.63) is 57.6 Å². The van der Waals surface area contributed by atoms with Gasteiger partial charge in [0.2, 0.25) is 5.91 Å². The molecule has 0 aliphatic heterocycles. The third kappa shape index (κ3) is 4.03. The van der Waals surface area contributed by atoms with Crippen LogP contribution in [0.5, 0.6) is 0 Å². The molecule has 0 spiro atoms. The molecule has 4 heteroatoms. The van der Waals surface area contributed by atoms with Gasteiger partial charge in [0.05, 0.1) is 10.7 Å². The molecule has 0 atom stereocenters. The minimum Gasteiger partial charge on any atom is -0.348 e. The van der Waals surface area contributed by atoms with Crippen LogP contribution in [0.15, 0.2) is 35.7 Å². The van der Waals surface area contributed by atoms with Crippen LogP contribution in [0.3, 0.4) is 0 Å². The molecule has 1 N–H and O–H groups in total. The highest BCUT2D eigenvalue weighted by Crippen LogP contribution is 2.09. The molecule has 0 radical (unpaired) electrons. The van der Waals surface area contributed by atoms with Gasteiger partial charge in [-0.15, -0.1) is 11.3 Å². The van der Waals surface area contributed by atoms with Crippen LogP contribution in [0.1, 0.15) is 21.8 Å². The van der Waals surface area contributed by atoms with E-state index in [0.29, 0.717) is 6.54 Å². The number of hydrogen-bond donors (Lipinski definition) is 1. The molecule has 2 aromatic rings. The molecule has 0 unspecified atom stereocenters. The van der Waals surface area contributed by atoms with Gasteiger partial charge in [0.15, 0.2) is 0 Å². The third-order valence-corrected chi connectivity index (χ3v) is 3.55. The average Bonchev–Trinajstić information content (AvgIpc) is 2.81. The maximum absolute atomic E-state index is 11.7. The zero-order valence-electron chi connectivity index (χ0n) is 11.0. The Morgan fingerprint density at radius 2 is 2.16 bits per heavy atom. The Morgan fingerprint density at radius 1 is 1.37 bits per heavy atom. The number of carbonyl (C=O) groups excluding carboxylic acids is 1. The highest BCUT2D eigenvalue weighted by molar-refractivity contribution is 7.09. The van der Waals surface area contributed by atoms with E-state index in [0.717, 1.165) is 16.3 Å². The fourth-order valence-corrected chi connectivity index (χ4v) is 2.25. The van der Waals surface area contributed by atoms with E-state index in [4.69, 9.17) is 0 Å². The van der Waals surface area contributed by atoms with Gasteiger partial charge >= 0.3 is 0 Å². The maximum Gasteiger partial charge on any atom is 0.244 e. The van der Waals surface area contributed by atoms with Crippen LogP contribution in [0.2, 0.25) is 0 Å². The number of carbonyl (C=O) groups is 1. The summed E-state index contributed by atoms with van der Waals surface area (Å²) in [4.78, 5) is 16.0. The lowest BCUT2D eigenvalue weighted by atomic mass is 10.1. The molecule has 1 heterocycles. The van der Waals surface area contributed by atoms with Crippen molar-refractivity contribution in [1.82, 2.24) is 10.3 Å². The number of amides is 1. The first-order valence-electron chi connectivity index (χ1n) is 6.07. The van der Waals surface area contributed by atoms with Crippen LogP contribution in [-0.2, 0) is 11.3 Å². The van der Waals surface area contributed by atoms with E-state index in [1.54, 1.807) is 17.4 Å². The van der Waals surface area contributed by atoms with Crippen molar-refractivity contribution >= 4 is 23.3 Å². The van der Waals surface area contributed by atoms with Crippen LogP contribution in [0.25, 0.3) is 6.08 Å². The zero-order chi connectivity index (χ0) is 13.7. The molecule has 0 saturated carbocycles. The molecule has 1 aromatic heterocycles. The van der Waals surface area contributed by atoms with Gasteiger partial charge in [-0.3, -0.25) is 4.79 Å². The van der Waals surface area contributed by atoms with Gasteiger partial charge < -0.3 is 5.32 Å². The Bertz CT molecular complexity index is 602. The Kier molecular flexibility index (Phi) is 4.47. The first-order chi connectivity index (χ1) is 9.15. The first-order valence-corrected chi connectivity index (χ1v) is 6.95. The number of thiazole rings is 1. The van der Waals surface area contributed by atoms with Crippen molar-refractivity contribution in [2.75, 3.05) is 0 Å². The number of benzene rings is 1. The summed E-state index contributed by atoms with van der Waals surface area (Å²) >= 11 is 1.57. The zero-order valence-corrected chi connectivity index (χ0v) is 11.8. The van der Waals surface area contributed by atoms with Gasteiger partial charge in [0, 0.05) is 18.0 Å². The smallest absolute Gasteiger partial charge is 0.244 e. The average molecular weight is 272 g/mol. The molecular weight excluding hydrogens is 256 g/mol. The van der Waals surface area contributed by atoms with E-state index in [-0.39, 0.29) is 5.91 Å². The van der Waals surface area contributed by atoms with Gasteiger partial charge in [0.1, 0.15) is 0 Å². The molecular formula is C15H16N2OS. The topological polar surface area (TPSA) is 42.0 Å². The summed E-state index contributed by atoms with van der Waals surface area (Å²) in [7, 11) is 0. The van der Waals surface area contributed by atoms with Crippen molar-refractivity contribution in [1.29, 1.82) is 0 Å². The number of nitrogens with one attached hydrogen (secondary N) is 1. The highest BCUT2D eigenvalue weighted by Gasteiger charge is 2.00. The van der Waals surface area contributed by atoms with E-state index in [9.17, 15) is 4.79 Å². The highest BCUT2D eigenvalue weighted by atomic mass is 32.1. The minimum atomic E-state index is -0.103. The lowest BCUT2D eigenvalue weighted by molar-refractivity contribution is -0.116. The van der Waals surface area contributed by atoms with Crippen molar-refractivity contribution < 1.29 is 4.79 Å². The number of rotatable bonds is 4. The van der Waals surface area contributed by atoms with Crippen molar-refractivity contribution in [3.8, 4) is 0 Å². The molecule has 0 aliphatic carbocycles. The van der Waals surface area contributed by atoms with Crippen molar-refractivity contribution in [3.63, 3.8) is 0 Å². The second kappa shape index (κ2) is 6.29. The molecule has 1 amide bonds. The standard InChI is InChI=1S/C15H16N2OS/c1-11-5-3-4-6-13(11)9-16-15(18)8-7-14-10-19-12(2)17-14/h3-8,10H,9H2,1-2H3,(H,16,18)/b8-7+. The lowest BCUT2D eigenvalue weighted by Crippen LogP contribution is -2.20. The molecule has 0 fully saturated rings. The minimum absolute atomic E-state index is 0.103. The van der Waals surface area contributed by atoms with E-state index < -0.39 is 0 Å². The Balaban J connectivity index is 1.88. The summed E-state index contributed by atoms with van der Waals surface area (Å²) in [5.41, 5.74) is 3.14. The molecule has 0 saturated heterocycles. The lowest BCUT2D eigenvalue weighted by Gasteiger charge is -2.05. The van der Waals surface area contributed by atoms with Gasteiger partial charge in [-0.25, -0.2) is 4.98 Å². The second-order valence-electron chi connectivity index (χ2n) is 4.27. The predicted octanol–water partition coefficient (Wildman–Crippen LogP) is 3.09. The number of nitrogens with zero attached hydrogens (tertiary/aromatic N) is 1. The van der Waals surface area contributed by atoms with E-state index in [1.165, 1.54) is 11.6 Å². The van der Waals surface area contributed by atoms with Crippen LogP contribution in [-0.4, -0.2) is 10.9 Å². The van der Waals surface area contributed by atoms with E-state index >= 15 is 0 Å². The van der Waals surface area contributed by atoms with Crippen molar-refractivity contribution in [2.45, 2.75) is 20.4 Å². The van der Waals surface area contributed by atoms with Crippen molar-refractivity contribution in [2.24, 2.45) is 0 Å². The number of hydrogen-bond acceptors (Lipinski definition) is 3. The van der Waals surface area contributed by atoms with Crippen LogP contribution in [0.4, 0.5) is 0 Å². The fraction of sp³-hybridized carbons (Fsp3) is 0.200. The van der Waals surface area contributed by atoms with E-state index in [2.05, 4.69) is 10.3 Å². The van der Waals surface area contributed by atoms with Gasteiger partial charge in [-0.1, -0.05) is 24.3 Å². The summed E-state index contributed by atoms with van der Waals surface area (Å²) < 4.78 is 0. The predicted molar refractivity (Wildman–Crippen MR) is 78.9 cm³/mol. The molecule has 3 nitrogen and oxygen atoms in total. The molecule has 98 valence electrons. The summed E-state index contributed by atoms with van der Waals surface area (Å²) in [6, 6.07) is 8.02. The molecule has 1 aromatic carbocycles. The largest absolute Gasteiger partial charge is 0.348 e. The number of aryl methyl sites for hydroxylation is 2. The molecule has 0 bridgehead atoms. The SMILES string of the molecule is Cc1nc(/C=C/C(=O)NCc2ccccc2C)cs1.